The first-order chi connectivity index (χ1) is 15.6. The van der Waals surface area contributed by atoms with Crippen LogP contribution in [0.15, 0.2) is 67.0 Å². The number of carbonyl (C=O) groups excluding carboxylic acids is 1. The molecule has 2 atom stereocenters. The molecule has 0 amide bonds. The number of hydrogen-bond acceptors (Lipinski definition) is 5. The van der Waals surface area contributed by atoms with Crippen molar-refractivity contribution in [1.29, 1.82) is 0 Å². The monoisotopic (exact) mass is 450 g/mol. The zero-order valence-electron chi connectivity index (χ0n) is 18.1. The van der Waals surface area contributed by atoms with Crippen LogP contribution in [-0.2, 0) is 9.53 Å². The Labute approximate surface area is 193 Å². The molecular formula is C24H26N4O3S. The molecule has 4 rings (SSSR count). The topological polar surface area (TPSA) is 68.6 Å². The lowest BCUT2D eigenvalue weighted by Crippen LogP contribution is -2.36. The minimum absolute atomic E-state index is 0.0577. The van der Waals surface area contributed by atoms with E-state index in [1.54, 1.807) is 13.1 Å². The van der Waals surface area contributed by atoms with Crippen LogP contribution in [0.2, 0.25) is 0 Å². The van der Waals surface area contributed by atoms with E-state index in [0.717, 1.165) is 22.8 Å². The Morgan fingerprint density at radius 1 is 1.09 bits per heavy atom. The number of nitrogens with zero attached hydrogens (tertiary/aromatic N) is 3. The van der Waals surface area contributed by atoms with Gasteiger partial charge in [-0.2, -0.15) is 0 Å². The van der Waals surface area contributed by atoms with Gasteiger partial charge in [0, 0.05) is 23.8 Å². The highest BCUT2D eigenvalue weighted by atomic mass is 32.1. The third kappa shape index (κ3) is 4.45. The number of benzene rings is 1. The molecule has 0 unspecified atom stereocenters. The highest BCUT2D eigenvalue weighted by Gasteiger charge is 2.42. The zero-order chi connectivity index (χ0) is 22.5. The molecule has 1 aromatic carbocycles. The summed E-state index contributed by atoms with van der Waals surface area (Å²) < 4.78 is 12.9. The summed E-state index contributed by atoms with van der Waals surface area (Å²) in [6.07, 6.45) is 3.76. The van der Waals surface area contributed by atoms with E-state index in [1.165, 1.54) is 0 Å². The van der Waals surface area contributed by atoms with Crippen molar-refractivity contribution in [3.8, 4) is 11.4 Å². The summed E-state index contributed by atoms with van der Waals surface area (Å²) in [4.78, 5) is 18.8. The van der Waals surface area contributed by atoms with Crippen LogP contribution in [0.1, 0.15) is 37.3 Å². The summed E-state index contributed by atoms with van der Waals surface area (Å²) in [6.45, 7) is 4.76. The molecule has 3 aromatic rings. The number of pyridine rings is 1. The second-order valence-electron chi connectivity index (χ2n) is 7.29. The van der Waals surface area contributed by atoms with Gasteiger partial charge in [0.05, 0.1) is 31.0 Å². The standard InChI is InChI=1S/C24H26N4O3S/c1-3-30-18-12-10-17(11-13-18)27-15-7-9-20(27)23-22(19-8-5-6-14-25-19)26-24(32)28(23)16-21(29)31-4-2/h5-15,22-23H,3-4,16H2,1-2H3,(H,26,32)/t22-,23-/m1/s1. The van der Waals surface area contributed by atoms with Gasteiger partial charge < -0.3 is 24.3 Å². The van der Waals surface area contributed by atoms with E-state index >= 15 is 0 Å². The first-order valence-electron chi connectivity index (χ1n) is 10.7. The molecule has 1 fully saturated rings. The third-order valence-corrected chi connectivity index (χ3v) is 5.66. The number of aromatic nitrogens is 2. The first kappa shape index (κ1) is 21.8. The Morgan fingerprint density at radius 2 is 1.91 bits per heavy atom. The molecule has 0 spiro atoms. The van der Waals surface area contributed by atoms with E-state index in [0.29, 0.717) is 18.3 Å². The summed E-state index contributed by atoms with van der Waals surface area (Å²) in [6, 6.07) is 17.3. The van der Waals surface area contributed by atoms with Crippen molar-refractivity contribution in [3.05, 3.63) is 78.4 Å². The van der Waals surface area contributed by atoms with Gasteiger partial charge in [-0.15, -0.1) is 0 Å². The minimum Gasteiger partial charge on any atom is -0.494 e. The number of ether oxygens (including phenoxy) is 2. The molecule has 3 heterocycles. The molecular weight excluding hydrogens is 424 g/mol. The number of thiocarbonyl (C=S) groups is 1. The fourth-order valence-corrected chi connectivity index (χ4v) is 4.29. The number of carbonyl (C=O) groups is 1. The number of hydrogen-bond donors (Lipinski definition) is 1. The normalized spacial score (nSPS) is 17.8. The van der Waals surface area contributed by atoms with Crippen LogP contribution in [-0.4, -0.2) is 45.3 Å². The number of esters is 1. The molecule has 0 radical (unpaired) electrons. The Kier molecular flexibility index (Phi) is 6.70. The highest BCUT2D eigenvalue weighted by molar-refractivity contribution is 7.80. The van der Waals surface area contributed by atoms with Crippen LogP contribution >= 0.6 is 12.2 Å². The molecule has 2 aromatic heterocycles. The zero-order valence-corrected chi connectivity index (χ0v) is 18.9. The van der Waals surface area contributed by atoms with Crippen LogP contribution in [0.5, 0.6) is 5.75 Å². The molecule has 0 aliphatic carbocycles. The Hall–Kier alpha value is -3.39. The van der Waals surface area contributed by atoms with E-state index in [9.17, 15) is 4.79 Å². The first-order valence-corrected chi connectivity index (χ1v) is 11.1. The molecule has 8 heteroatoms. The fraction of sp³-hybridized carbons (Fsp3) is 0.292. The van der Waals surface area contributed by atoms with E-state index in [4.69, 9.17) is 21.7 Å². The molecule has 166 valence electrons. The lowest BCUT2D eigenvalue weighted by molar-refractivity contribution is -0.143. The quantitative estimate of drug-likeness (QED) is 0.413. The predicted octanol–water partition coefficient (Wildman–Crippen LogP) is 3.81. The van der Waals surface area contributed by atoms with Gasteiger partial charge in [-0.05, 0) is 74.6 Å². The number of rotatable bonds is 8. The number of nitrogens with one attached hydrogen (secondary N) is 1. The Morgan fingerprint density at radius 3 is 2.59 bits per heavy atom. The maximum Gasteiger partial charge on any atom is 0.325 e. The van der Waals surface area contributed by atoms with Crippen LogP contribution < -0.4 is 10.1 Å². The van der Waals surface area contributed by atoms with Gasteiger partial charge in [-0.1, -0.05) is 6.07 Å². The van der Waals surface area contributed by atoms with Crippen LogP contribution in [0.25, 0.3) is 5.69 Å². The Balaban J connectivity index is 1.74. The summed E-state index contributed by atoms with van der Waals surface area (Å²) in [5.74, 6) is 0.506. The average Bonchev–Trinajstić information content (AvgIpc) is 3.40. The van der Waals surface area contributed by atoms with Crippen molar-refractivity contribution in [2.45, 2.75) is 25.9 Å². The minimum atomic E-state index is -0.317. The summed E-state index contributed by atoms with van der Waals surface area (Å²) in [7, 11) is 0. The van der Waals surface area contributed by atoms with Gasteiger partial charge in [-0.25, -0.2) is 0 Å². The summed E-state index contributed by atoms with van der Waals surface area (Å²) in [5.41, 5.74) is 2.83. The lowest BCUT2D eigenvalue weighted by atomic mass is 10.0. The largest absolute Gasteiger partial charge is 0.494 e. The van der Waals surface area contributed by atoms with Crippen LogP contribution in [0, 0.1) is 0 Å². The van der Waals surface area contributed by atoms with Gasteiger partial charge in [0.25, 0.3) is 0 Å². The van der Waals surface area contributed by atoms with Gasteiger partial charge in [-0.3, -0.25) is 9.78 Å². The van der Waals surface area contributed by atoms with Crippen molar-refractivity contribution < 1.29 is 14.3 Å². The molecule has 1 saturated heterocycles. The van der Waals surface area contributed by atoms with Crippen LogP contribution in [0.4, 0.5) is 0 Å². The van der Waals surface area contributed by atoms with Crippen molar-refractivity contribution in [1.82, 2.24) is 19.8 Å². The lowest BCUT2D eigenvalue weighted by Gasteiger charge is -2.28. The predicted molar refractivity (Wildman–Crippen MR) is 126 cm³/mol. The second kappa shape index (κ2) is 9.82. The molecule has 7 nitrogen and oxygen atoms in total. The van der Waals surface area contributed by atoms with Gasteiger partial charge in [0.15, 0.2) is 5.11 Å². The van der Waals surface area contributed by atoms with Crippen molar-refractivity contribution in [3.63, 3.8) is 0 Å². The molecule has 0 saturated carbocycles. The van der Waals surface area contributed by atoms with Gasteiger partial charge in [0.2, 0.25) is 0 Å². The SMILES string of the molecule is CCOC(=O)CN1C(=S)N[C@H](c2ccccn2)[C@H]1c1cccn1-c1ccc(OCC)cc1. The molecule has 1 aliphatic heterocycles. The maximum atomic E-state index is 12.4. The molecule has 32 heavy (non-hydrogen) atoms. The van der Waals surface area contributed by atoms with E-state index in [1.807, 2.05) is 72.6 Å². The molecule has 1 N–H and O–H groups in total. The van der Waals surface area contributed by atoms with E-state index in [2.05, 4.69) is 14.9 Å². The fourth-order valence-electron chi connectivity index (χ4n) is 3.98. The maximum absolute atomic E-state index is 12.4. The van der Waals surface area contributed by atoms with Crippen molar-refractivity contribution in [2.24, 2.45) is 0 Å². The molecule has 1 aliphatic rings. The Bertz CT molecular complexity index is 1070. The average molecular weight is 451 g/mol. The molecule has 0 bridgehead atoms. The van der Waals surface area contributed by atoms with Gasteiger partial charge in [0.1, 0.15) is 12.3 Å². The van der Waals surface area contributed by atoms with E-state index in [-0.39, 0.29) is 24.6 Å². The highest BCUT2D eigenvalue weighted by Crippen LogP contribution is 2.39. The van der Waals surface area contributed by atoms with Crippen LogP contribution in [0.3, 0.4) is 0 Å². The van der Waals surface area contributed by atoms with Crippen molar-refractivity contribution >= 4 is 23.3 Å². The second-order valence-corrected chi connectivity index (χ2v) is 7.68. The van der Waals surface area contributed by atoms with Crippen molar-refractivity contribution in [2.75, 3.05) is 19.8 Å². The van der Waals surface area contributed by atoms with Gasteiger partial charge >= 0.3 is 5.97 Å². The smallest absolute Gasteiger partial charge is 0.325 e. The third-order valence-electron chi connectivity index (χ3n) is 5.31. The summed E-state index contributed by atoms with van der Waals surface area (Å²) in [5, 5.41) is 3.86. The summed E-state index contributed by atoms with van der Waals surface area (Å²) >= 11 is 5.63. The van der Waals surface area contributed by atoms with E-state index < -0.39 is 0 Å².